The van der Waals surface area contributed by atoms with E-state index in [4.69, 9.17) is 20.9 Å². The SMILES string of the molecule is C.CCOC(=O)c1nc(C)nc2c1-c1c([nH]c(Br)c1Br)C(=O)NC2.CN1Cc2cnc(N)nc2-c2c([nH]c(Br)c2Br)C1=O.COC(=O)c1nc(C)nc2c1-c1c([nH]c(Br)c1Br)C(=O)NC2.Cc1nc2c(c(C(=O)O)n1)-c1c([nH]c(Br)c1Br)C(=O)NC2.Nc1ncc2c(n1)CNC(=O)c1[nH]c(Br)c(Br)c1-2. The highest BCUT2D eigenvalue weighted by Gasteiger charge is 2.37. The molecule has 0 spiro atoms. The van der Waals surface area contributed by atoms with E-state index in [1.165, 1.54) is 7.11 Å². The molecule has 0 radical (unpaired) electrons. The normalized spacial score (nSPS) is 13.2. The van der Waals surface area contributed by atoms with Gasteiger partial charge in [0.25, 0.3) is 29.5 Å². The van der Waals surface area contributed by atoms with Crippen LogP contribution in [-0.4, -0.2) is 153 Å². The van der Waals surface area contributed by atoms with Gasteiger partial charge in [-0.2, -0.15) is 0 Å². The molecule has 10 aromatic heterocycles. The number of hydrogen-bond acceptors (Lipinski definition) is 22. The summed E-state index contributed by atoms with van der Waals surface area (Å²) in [5, 5.41) is 20.4. The summed E-state index contributed by atoms with van der Waals surface area (Å²) in [6.45, 7) is 8.27. The van der Waals surface area contributed by atoms with Gasteiger partial charge >= 0.3 is 17.9 Å². The summed E-state index contributed by atoms with van der Waals surface area (Å²) in [7, 11) is 3.02. The van der Waals surface area contributed by atoms with Gasteiger partial charge in [0.05, 0.1) is 114 Å². The first-order valence-corrected chi connectivity index (χ1v) is 37.4. The molecule has 540 valence electrons. The summed E-state index contributed by atoms with van der Waals surface area (Å²) in [4.78, 5) is 155. The number of anilines is 2. The zero-order valence-electron chi connectivity index (χ0n) is 53.3. The predicted octanol–water partition coefficient (Wildman–Crippen LogP) is 11.9. The number of hydrogen-bond donors (Lipinski definition) is 12. The van der Waals surface area contributed by atoms with E-state index >= 15 is 0 Å². The quantitative estimate of drug-likeness (QED) is 0.0728. The van der Waals surface area contributed by atoms with Crippen molar-refractivity contribution in [2.75, 3.05) is 32.2 Å². The number of halogens is 10. The topological polar surface area (TPSA) is 486 Å². The standard InChI is InChI=1S/C14H12Br2N4O3.C13H10Br2N4O3.C12H8Br2N4O3.C11H9Br2N5O.C10H7Br2N5O.CH4/c1-3-23-14(22)11-7-6(18-5(2)19-11)4-17-13(21)10-8(7)9(15)12(16)20-10;1-4-17-5-3-16-12(20)9-7(8(14)11(15)19-9)6(5)10(18-4)13(21)22-2;1-3-16-4-2-15-11(19)8-6(7(13)10(14)18-8)5(4)9(17-3)12(20)21;1-18-3-4-2-15-11(14)17-7(4)5-6(12)9(13)16-8(5)10(18)19;11-6-5-3-1-15-10(13)16-4(3)2-14-9(18)7(5)17-8(6)12;/h20H,3-4H2,1-2H3,(H,17,21);19H,3H2,1-2H3,(H,16,20);18H,2H2,1H3,(H,15,19)(H,20,21);2,16H,3H2,1H3,(H2,14,15,17);1,17H,2H2,(H,14,18)(H2,13,15,16);1H4. The molecule has 0 bridgehead atoms. The van der Waals surface area contributed by atoms with Gasteiger partial charge in [-0.1, -0.05) is 7.43 Å². The molecule has 5 aliphatic rings. The molecule has 0 unspecified atom stereocenters. The number of nitrogens with one attached hydrogen (secondary N) is 9. The van der Waals surface area contributed by atoms with E-state index in [-0.39, 0.29) is 97.9 Å². The Labute approximate surface area is 670 Å². The molecule has 104 heavy (non-hydrogen) atoms. The number of nitrogen functional groups attached to an aromatic ring is 2. The minimum Gasteiger partial charge on any atom is -0.476 e. The van der Waals surface area contributed by atoms with E-state index in [1.807, 2.05) is 0 Å². The molecule has 33 nitrogen and oxygen atoms in total. The Kier molecular flexibility index (Phi) is 24.1. The third-order valence-corrected chi connectivity index (χ3v) is 25.0. The highest BCUT2D eigenvalue weighted by Crippen LogP contribution is 2.46. The molecule has 0 aliphatic carbocycles. The van der Waals surface area contributed by atoms with Crippen LogP contribution in [0.1, 0.15) is 144 Å². The second-order valence-electron chi connectivity index (χ2n) is 21.9. The third-order valence-electron chi connectivity index (χ3n) is 15.4. The van der Waals surface area contributed by atoms with Gasteiger partial charge in [-0.15, -0.1) is 0 Å². The molecular weight excluding hydrogens is 2020 g/mol. The first-order chi connectivity index (χ1) is 48.8. The fraction of sp³-hybridized carbons (Fsp3) is 0.213. The summed E-state index contributed by atoms with van der Waals surface area (Å²) >= 11 is 33.8. The Morgan fingerprint density at radius 1 is 0.481 bits per heavy atom. The molecular formula is C61H50Br10N22O11. The Balaban J connectivity index is 0.000000140. The number of H-pyrrole nitrogens is 5. The lowest BCUT2D eigenvalue weighted by Crippen LogP contribution is -2.25. The molecule has 0 atom stereocenters. The van der Waals surface area contributed by atoms with Crippen molar-refractivity contribution in [1.82, 2.24) is 101 Å². The number of aromatic nitrogens is 15. The number of carboxylic acid groups (broad SMARTS) is 1. The van der Waals surface area contributed by atoms with Crippen LogP contribution in [0.2, 0.25) is 0 Å². The van der Waals surface area contributed by atoms with E-state index in [0.29, 0.717) is 157 Å². The first kappa shape index (κ1) is 78.5. The summed E-state index contributed by atoms with van der Waals surface area (Å²) in [6, 6.07) is 0. The maximum Gasteiger partial charge on any atom is 0.357 e. The van der Waals surface area contributed by atoms with Crippen molar-refractivity contribution in [3.8, 4) is 55.8 Å². The van der Waals surface area contributed by atoms with Crippen LogP contribution < -0.4 is 32.7 Å². The lowest BCUT2D eigenvalue weighted by Gasteiger charge is -2.14. The summed E-state index contributed by atoms with van der Waals surface area (Å²) < 4.78 is 16.4. The number of carbonyl (C=O) groups is 8. The van der Waals surface area contributed by atoms with Crippen molar-refractivity contribution >= 4 is 219 Å². The molecule has 0 saturated heterocycles. The van der Waals surface area contributed by atoms with Gasteiger partial charge in [-0.25, -0.2) is 64.2 Å². The van der Waals surface area contributed by atoms with Gasteiger partial charge in [0, 0.05) is 81.6 Å². The number of nitrogens with two attached hydrogens (primary N) is 2. The number of ether oxygens (including phenoxy) is 2. The van der Waals surface area contributed by atoms with Crippen molar-refractivity contribution in [2.45, 2.75) is 67.8 Å². The lowest BCUT2D eigenvalue weighted by molar-refractivity contribution is 0.0517. The molecule has 0 fully saturated rings. The van der Waals surface area contributed by atoms with E-state index in [9.17, 15) is 43.5 Å². The monoisotopic (exact) mass is 2060 g/mol. The molecule has 15 rings (SSSR count). The second kappa shape index (κ2) is 32.0. The Morgan fingerprint density at radius 3 is 1.26 bits per heavy atom. The van der Waals surface area contributed by atoms with Crippen molar-refractivity contribution in [3.63, 3.8) is 0 Å². The van der Waals surface area contributed by atoms with Crippen LogP contribution in [0.3, 0.4) is 0 Å². The number of aryl methyl sites for hydroxylation is 3. The lowest BCUT2D eigenvalue weighted by atomic mass is 10.0. The largest absolute Gasteiger partial charge is 0.476 e. The number of fused-ring (bicyclic) bond motifs is 15. The Bertz CT molecular complexity index is 5300. The van der Waals surface area contributed by atoms with Gasteiger partial charge in [0.1, 0.15) is 45.9 Å². The molecule has 43 heteroatoms. The number of aromatic amines is 5. The number of carboxylic acids is 1. The van der Waals surface area contributed by atoms with Gasteiger partial charge in [0.15, 0.2) is 17.1 Å². The van der Waals surface area contributed by atoms with Crippen LogP contribution in [0.15, 0.2) is 57.8 Å². The minimum absolute atomic E-state index is 0. The molecule has 0 saturated carbocycles. The number of nitrogens with zero attached hydrogens (tertiary/aromatic N) is 11. The molecule has 0 aromatic carbocycles. The van der Waals surface area contributed by atoms with Crippen LogP contribution in [0.25, 0.3) is 55.8 Å². The van der Waals surface area contributed by atoms with E-state index in [2.05, 4.69) is 255 Å². The number of aromatic carboxylic acids is 1. The van der Waals surface area contributed by atoms with Crippen LogP contribution in [-0.2, 0) is 42.2 Å². The zero-order valence-corrected chi connectivity index (χ0v) is 69.1. The molecule has 5 amide bonds. The number of rotatable bonds is 4. The van der Waals surface area contributed by atoms with Gasteiger partial charge < -0.3 is 77.1 Å². The molecule has 15 heterocycles. The van der Waals surface area contributed by atoms with Crippen LogP contribution in [0.5, 0.6) is 0 Å². The fourth-order valence-corrected chi connectivity index (χ4v) is 15.6. The average Bonchev–Trinajstić information content (AvgIpc) is 1.58. The first-order valence-electron chi connectivity index (χ1n) is 29.4. The van der Waals surface area contributed by atoms with Crippen molar-refractivity contribution in [3.05, 3.63) is 149 Å². The number of carbonyl (C=O) groups excluding carboxylic acids is 7. The fourth-order valence-electron chi connectivity index (χ4n) is 11.1. The van der Waals surface area contributed by atoms with Gasteiger partial charge in [-0.05, 0) is 187 Å². The Morgan fingerprint density at radius 2 is 0.837 bits per heavy atom. The van der Waals surface area contributed by atoms with Crippen molar-refractivity contribution in [1.29, 1.82) is 0 Å². The van der Waals surface area contributed by atoms with Crippen molar-refractivity contribution in [2.24, 2.45) is 0 Å². The average molecular weight is 2070 g/mol. The van der Waals surface area contributed by atoms with Crippen LogP contribution >= 0.6 is 159 Å². The third kappa shape index (κ3) is 15.2. The minimum atomic E-state index is -1.17. The van der Waals surface area contributed by atoms with E-state index in [1.54, 1.807) is 52.0 Å². The maximum absolute atomic E-state index is 12.3. The zero-order chi connectivity index (χ0) is 74.6. The summed E-state index contributed by atoms with van der Waals surface area (Å²) in [5.74, 6) is -1.87. The highest BCUT2D eigenvalue weighted by atomic mass is 79.9. The molecule has 14 N–H and O–H groups in total. The van der Waals surface area contributed by atoms with Crippen LogP contribution in [0.4, 0.5) is 11.9 Å². The number of methoxy groups -OCH3 is 1. The number of amides is 5. The van der Waals surface area contributed by atoms with E-state index in [0.717, 1.165) is 25.6 Å². The second-order valence-corrected chi connectivity index (χ2v) is 29.9. The summed E-state index contributed by atoms with van der Waals surface area (Å²) in [6.07, 6.45) is 3.28. The maximum atomic E-state index is 12.3. The van der Waals surface area contributed by atoms with Gasteiger partial charge in [-0.3, -0.25) is 24.0 Å². The van der Waals surface area contributed by atoms with E-state index < -0.39 is 17.9 Å². The predicted molar refractivity (Wildman–Crippen MR) is 411 cm³/mol. The van der Waals surface area contributed by atoms with Gasteiger partial charge in [0.2, 0.25) is 11.9 Å². The Hall–Kier alpha value is -8.04. The highest BCUT2D eigenvalue weighted by molar-refractivity contribution is 9.14. The molecule has 5 aliphatic heterocycles. The van der Waals surface area contributed by atoms with Crippen LogP contribution in [0, 0.1) is 20.8 Å². The van der Waals surface area contributed by atoms with Crippen molar-refractivity contribution < 1.29 is 52.9 Å². The smallest absolute Gasteiger partial charge is 0.357 e. The molecule has 10 aromatic rings. The summed E-state index contributed by atoms with van der Waals surface area (Å²) in [5.41, 5.74) is 22.2. The number of esters is 2.